The Balaban J connectivity index is 1.72. The summed E-state index contributed by atoms with van der Waals surface area (Å²) in [5.74, 6) is 0. The number of fused-ring (bicyclic) bond motifs is 1. The van der Waals surface area contributed by atoms with Crippen molar-refractivity contribution in [2.24, 2.45) is 0 Å². The van der Waals surface area contributed by atoms with Gasteiger partial charge < -0.3 is 15.2 Å². The summed E-state index contributed by atoms with van der Waals surface area (Å²) < 4.78 is 0. The van der Waals surface area contributed by atoms with Crippen LogP contribution in [-0.2, 0) is 6.42 Å². The third-order valence-corrected chi connectivity index (χ3v) is 5.24. The number of aromatic nitrogens is 1. The number of aryl methyl sites for hydroxylation is 1. The molecule has 1 fully saturated rings. The van der Waals surface area contributed by atoms with Crippen LogP contribution in [0.15, 0.2) is 16.9 Å². The van der Waals surface area contributed by atoms with Gasteiger partial charge in [0.05, 0.1) is 0 Å². The number of rotatable bonds is 4. The van der Waals surface area contributed by atoms with E-state index < -0.39 is 0 Å². The third-order valence-electron chi connectivity index (χ3n) is 5.24. The molecule has 1 unspecified atom stereocenters. The molecule has 1 aromatic heterocycles. The Bertz CT molecular complexity index is 531. The first-order valence-electron chi connectivity index (χ1n) is 7.74. The van der Waals surface area contributed by atoms with E-state index in [1.807, 2.05) is 6.07 Å². The lowest BCUT2D eigenvalue weighted by Crippen LogP contribution is -2.56. The molecule has 110 valence electrons. The highest BCUT2D eigenvalue weighted by Gasteiger charge is 2.39. The zero-order valence-corrected chi connectivity index (χ0v) is 12.5. The van der Waals surface area contributed by atoms with Gasteiger partial charge in [-0.2, -0.15) is 0 Å². The van der Waals surface area contributed by atoms with E-state index in [2.05, 4.69) is 29.3 Å². The molecule has 0 amide bonds. The summed E-state index contributed by atoms with van der Waals surface area (Å²) in [6, 6.07) is 4.06. The minimum absolute atomic E-state index is 0.0214. The zero-order valence-electron chi connectivity index (χ0n) is 12.5. The number of hydrogen-bond acceptors (Lipinski definition) is 3. The SMILES string of the molecule is CN(C)C1(CNC2CCCc3[nH]c(=O)ccc32)CCC1. The largest absolute Gasteiger partial charge is 0.326 e. The predicted molar refractivity (Wildman–Crippen MR) is 81.0 cm³/mol. The number of hydrogen-bond donors (Lipinski definition) is 2. The highest BCUT2D eigenvalue weighted by Crippen LogP contribution is 2.36. The van der Waals surface area contributed by atoms with Gasteiger partial charge in [0.15, 0.2) is 0 Å². The van der Waals surface area contributed by atoms with E-state index in [0.29, 0.717) is 11.6 Å². The summed E-state index contributed by atoms with van der Waals surface area (Å²) in [4.78, 5) is 16.8. The van der Waals surface area contributed by atoms with Crippen molar-refractivity contribution in [3.05, 3.63) is 33.7 Å². The summed E-state index contributed by atoms with van der Waals surface area (Å²) >= 11 is 0. The Hall–Kier alpha value is -1.13. The Kier molecular flexibility index (Phi) is 3.69. The molecule has 0 radical (unpaired) electrons. The summed E-state index contributed by atoms with van der Waals surface area (Å²) in [6.07, 6.45) is 7.25. The van der Waals surface area contributed by atoms with Crippen molar-refractivity contribution in [3.8, 4) is 0 Å². The molecule has 0 aromatic carbocycles. The molecule has 0 bridgehead atoms. The second-order valence-electron chi connectivity index (χ2n) is 6.55. The Morgan fingerprint density at radius 3 is 2.80 bits per heavy atom. The molecule has 1 heterocycles. The monoisotopic (exact) mass is 275 g/mol. The molecule has 2 aliphatic carbocycles. The minimum atomic E-state index is 0.0214. The van der Waals surface area contributed by atoms with Gasteiger partial charge in [0, 0.05) is 29.9 Å². The van der Waals surface area contributed by atoms with E-state index in [9.17, 15) is 4.79 Å². The molecular formula is C16H25N3O. The van der Waals surface area contributed by atoms with Crippen LogP contribution in [0.4, 0.5) is 0 Å². The lowest BCUT2D eigenvalue weighted by Gasteiger charge is -2.48. The van der Waals surface area contributed by atoms with Gasteiger partial charge in [-0.05, 0) is 58.2 Å². The lowest BCUT2D eigenvalue weighted by atomic mass is 9.75. The maximum atomic E-state index is 11.4. The lowest BCUT2D eigenvalue weighted by molar-refractivity contribution is 0.0563. The van der Waals surface area contributed by atoms with Gasteiger partial charge >= 0.3 is 0 Å². The van der Waals surface area contributed by atoms with Gasteiger partial charge in [0.2, 0.25) is 5.56 Å². The molecule has 1 aromatic rings. The maximum Gasteiger partial charge on any atom is 0.248 e. The van der Waals surface area contributed by atoms with Crippen molar-refractivity contribution in [2.45, 2.75) is 50.1 Å². The standard InChI is InChI=1S/C16H25N3O/c1-19(2)16(9-4-10-16)11-17-13-5-3-6-14-12(13)7-8-15(20)18-14/h7-8,13,17H,3-6,9-11H2,1-2H3,(H,18,20). The van der Waals surface area contributed by atoms with Gasteiger partial charge in [-0.1, -0.05) is 6.07 Å². The second-order valence-corrected chi connectivity index (χ2v) is 6.55. The number of H-pyrrole nitrogens is 1. The fourth-order valence-corrected chi connectivity index (χ4v) is 3.59. The molecule has 3 rings (SSSR count). The predicted octanol–water partition coefficient (Wildman–Crippen LogP) is 1.83. The molecule has 1 atom stereocenters. The first-order valence-corrected chi connectivity index (χ1v) is 7.74. The van der Waals surface area contributed by atoms with Crippen molar-refractivity contribution in [3.63, 3.8) is 0 Å². The molecular weight excluding hydrogens is 250 g/mol. The summed E-state index contributed by atoms with van der Waals surface area (Å²) in [7, 11) is 4.38. The van der Waals surface area contributed by atoms with Crippen LogP contribution in [0.2, 0.25) is 0 Å². The highest BCUT2D eigenvalue weighted by molar-refractivity contribution is 5.26. The third kappa shape index (κ3) is 2.42. The maximum absolute atomic E-state index is 11.4. The molecule has 20 heavy (non-hydrogen) atoms. The van der Waals surface area contributed by atoms with Gasteiger partial charge in [-0.3, -0.25) is 4.79 Å². The quantitative estimate of drug-likeness (QED) is 0.881. The zero-order chi connectivity index (χ0) is 14.2. The topological polar surface area (TPSA) is 48.1 Å². The van der Waals surface area contributed by atoms with E-state index in [1.54, 1.807) is 6.07 Å². The van der Waals surface area contributed by atoms with Crippen LogP contribution < -0.4 is 10.9 Å². The average Bonchev–Trinajstić information content (AvgIpc) is 2.36. The molecule has 0 aliphatic heterocycles. The highest BCUT2D eigenvalue weighted by atomic mass is 16.1. The van der Waals surface area contributed by atoms with E-state index in [0.717, 1.165) is 25.1 Å². The normalized spacial score (nSPS) is 24.2. The smallest absolute Gasteiger partial charge is 0.248 e. The number of aromatic amines is 1. The van der Waals surface area contributed by atoms with Gasteiger partial charge in [0.25, 0.3) is 0 Å². The van der Waals surface area contributed by atoms with Crippen LogP contribution in [0.5, 0.6) is 0 Å². The number of nitrogens with one attached hydrogen (secondary N) is 2. The summed E-state index contributed by atoms with van der Waals surface area (Å²) in [5.41, 5.74) is 2.80. The van der Waals surface area contributed by atoms with Gasteiger partial charge in [-0.25, -0.2) is 0 Å². The molecule has 1 saturated carbocycles. The number of likely N-dealkylation sites (N-methyl/N-ethyl adjacent to an activating group) is 1. The first kappa shape index (κ1) is 13.8. The first-order chi connectivity index (χ1) is 9.61. The molecule has 2 N–H and O–H groups in total. The van der Waals surface area contributed by atoms with Crippen LogP contribution >= 0.6 is 0 Å². The van der Waals surface area contributed by atoms with Crippen molar-refractivity contribution in [1.82, 2.24) is 15.2 Å². The van der Waals surface area contributed by atoms with E-state index in [4.69, 9.17) is 0 Å². The Labute approximate surface area is 120 Å². The van der Waals surface area contributed by atoms with Crippen LogP contribution in [-0.4, -0.2) is 36.1 Å². The van der Waals surface area contributed by atoms with Crippen molar-refractivity contribution in [1.29, 1.82) is 0 Å². The number of pyridine rings is 1. The van der Waals surface area contributed by atoms with Crippen LogP contribution in [0.3, 0.4) is 0 Å². The van der Waals surface area contributed by atoms with E-state index in [-0.39, 0.29) is 5.56 Å². The molecule has 0 spiro atoms. The van der Waals surface area contributed by atoms with Crippen LogP contribution in [0, 0.1) is 0 Å². The summed E-state index contributed by atoms with van der Waals surface area (Å²) in [6.45, 7) is 1.04. The fraction of sp³-hybridized carbons (Fsp3) is 0.688. The fourth-order valence-electron chi connectivity index (χ4n) is 3.59. The second kappa shape index (κ2) is 5.34. The van der Waals surface area contributed by atoms with Crippen molar-refractivity contribution in [2.75, 3.05) is 20.6 Å². The molecule has 4 heteroatoms. The van der Waals surface area contributed by atoms with Crippen molar-refractivity contribution < 1.29 is 0 Å². The van der Waals surface area contributed by atoms with E-state index in [1.165, 1.54) is 31.2 Å². The van der Waals surface area contributed by atoms with Crippen LogP contribution in [0.25, 0.3) is 0 Å². The molecule has 0 saturated heterocycles. The molecule has 4 nitrogen and oxygen atoms in total. The number of nitrogens with zero attached hydrogens (tertiary/aromatic N) is 1. The van der Waals surface area contributed by atoms with E-state index >= 15 is 0 Å². The Morgan fingerprint density at radius 1 is 1.35 bits per heavy atom. The molecule has 2 aliphatic rings. The minimum Gasteiger partial charge on any atom is -0.326 e. The van der Waals surface area contributed by atoms with Crippen molar-refractivity contribution >= 4 is 0 Å². The van der Waals surface area contributed by atoms with Gasteiger partial charge in [0.1, 0.15) is 0 Å². The van der Waals surface area contributed by atoms with Crippen LogP contribution in [0.1, 0.15) is 49.4 Å². The Morgan fingerprint density at radius 2 is 2.15 bits per heavy atom. The summed E-state index contributed by atoms with van der Waals surface area (Å²) in [5, 5.41) is 3.76. The average molecular weight is 275 g/mol. The van der Waals surface area contributed by atoms with Gasteiger partial charge in [-0.15, -0.1) is 0 Å².